The molecule has 2 amide bonds. The number of fused-ring (bicyclic) bond motifs is 2. The lowest BCUT2D eigenvalue weighted by atomic mass is 9.97. The molecule has 1 aromatic carbocycles. The van der Waals surface area contributed by atoms with Crippen LogP contribution < -0.4 is 14.4 Å². The van der Waals surface area contributed by atoms with Crippen molar-refractivity contribution < 1.29 is 47.5 Å². The highest BCUT2D eigenvalue weighted by Gasteiger charge is 2.48. The number of benzene rings is 1. The number of nitrogens with zero attached hydrogens (tertiary/aromatic N) is 2. The van der Waals surface area contributed by atoms with Gasteiger partial charge in [-0.3, -0.25) is 4.79 Å². The molecule has 3 aliphatic heterocycles. The van der Waals surface area contributed by atoms with Gasteiger partial charge in [-0.05, 0) is 45.1 Å². The molecule has 0 bridgehead atoms. The first-order valence-electron chi connectivity index (χ1n) is 13.6. The molecular formula is C28H38N2O10. The predicted octanol–water partition coefficient (Wildman–Crippen LogP) is 3.27. The van der Waals surface area contributed by atoms with Crippen molar-refractivity contribution in [1.82, 2.24) is 4.90 Å². The summed E-state index contributed by atoms with van der Waals surface area (Å²) in [6, 6.07) is 2.50. The molecule has 1 aromatic rings. The Morgan fingerprint density at radius 1 is 1.12 bits per heavy atom. The molecule has 0 aliphatic carbocycles. The number of carbonyl (C=O) groups is 3. The van der Waals surface area contributed by atoms with E-state index in [1.807, 2.05) is 0 Å². The number of amides is 2. The van der Waals surface area contributed by atoms with Gasteiger partial charge < -0.3 is 38.1 Å². The van der Waals surface area contributed by atoms with Gasteiger partial charge in [-0.15, -0.1) is 0 Å². The van der Waals surface area contributed by atoms with Gasteiger partial charge in [0, 0.05) is 19.2 Å². The second-order valence-corrected chi connectivity index (χ2v) is 9.61. The summed E-state index contributed by atoms with van der Waals surface area (Å²) in [6.45, 7) is 6.20. The minimum Gasteiger partial charge on any atom is -0.493 e. The number of rotatable bonds is 10. The van der Waals surface area contributed by atoms with Gasteiger partial charge in [-0.2, -0.15) is 0 Å². The van der Waals surface area contributed by atoms with Gasteiger partial charge >= 0.3 is 12.1 Å². The van der Waals surface area contributed by atoms with Crippen LogP contribution in [0.25, 0.3) is 0 Å². The maximum absolute atomic E-state index is 14.0. The van der Waals surface area contributed by atoms with Crippen LogP contribution in [0.5, 0.6) is 11.5 Å². The number of carbonyl (C=O) groups excluding carboxylic acids is 3. The number of piperidine rings is 1. The minimum atomic E-state index is -0.988. The van der Waals surface area contributed by atoms with Crippen LogP contribution in [-0.4, -0.2) is 94.7 Å². The van der Waals surface area contributed by atoms with Crippen molar-refractivity contribution in [3.8, 4) is 11.5 Å². The Labute approximate surface area is 234 Å². The van der Waals surface area contributed by atoms with Crippen molar-refractivity contribution in [2.24, 2.45) is 0 Å². The highest BCUT2D eigenvalue weighted by molar-refractivity contribution is 6.06. The Bertz CT molecular complexity index is 1070. The Morgan fingerprint density at radius 2 is 1.90 bits per heavy atom. The summed E-state index contributed by atoms with van der Waals surface area (Å²) in [5.41, 5.74) is 0.496. The molecule has 0 spiro atoms. The Kier molecular flexibility index (Phi) is 10.2. The van der Waals surface area contributed by atoms with Gasteiger partial charge in [0.25, 0.3) is 5.91 Å². The number of ether oxygens (including phenoxy) is 7. The smallest absolute Gasteiger partial charge is 0.416 e. The quantitative estimate of drug-likeness (QED) is 0.310. The van der Waals surface area contributed by atoms with Crippen LogP contribution in [0.2, 0.25) is 0 Å². The number of hydrogen-bond donors (Lipinski definition) is 0. The number of hydrogen-bond acceptors (Lipinski definition) is 10. The van der Waals surface area contributed by atoms with Gasteiger partial charge in [0.15, 0.2) is 24.0 Å². The Hall–Kier alpha value is -3.35. The van der Waals surface area contributed by atoms with Crippen LogP contribution in [0.4, 0.5) is 10.5 Å². The van der Waals surface area contributed by atoms with Crippen LogP contribution >= 0.6 is 0 Å². The molecule has 2 unspecified atom stereocenters. The first-order valence-corrected chi connectivity index (χ1v) is 13.6. The van der Waals surface area contributed by atoms with E-state index in [2.05, 4.69) is 6.58 Å². The van der Waals surface area contributed by atoms with Gasteiger partial charge in [-0.25, -0.2) is 14.5 Å². The van der Waals surface area contributed by atoms with Gasteiger partial charge in [0.1, 0.15) is 13.2 Å². The van der Waals surface area contributed by atoms with Crippen molar-refractivity contribution in [1.29, 1.82) is 0 Å². The number of anilines is 1. The molecular weight excluding hydrogens is 524 g/mol. The fourth-order valence-corrected chi connectivity index (χ4v) is 5.26. The molecule has 2 saturated heterocycles. The third kappa shape index (κ3) is 6.51. The lowest BCUT2D eigenvalue weighted by molar-refractivity contribution is -0.202. The first-order chi connectivity index (χ1) is 19.4. The van der Waals surface area contributed by atoms with E-state index >= 15 is 0 Å². The van der Waals surface area contributed by atoms with E-state index in [-0.39, 0.29) is 43.1 Å². The number of esters is 1. The molecule has 0 aromatic heterocycles. The molecule has 40 heavy (non-hydrogen) atoms. The van der Waals surface area contributed by atoms with Crippen LogP contribution in [0.3, 0.4) is 0 Å². The monoisotopic (exact) mass is 562 g/mol. The summed E-state index contributed by atoms with van der Waals surface area (Å²) in [5, 5.41) is 0. The molecule has 0 saturated carbocycles. The predicted molar refractivity (Wildman–Crippen MR) is 142 cm³/mol. The first kappa shape index (κ1) is 29.6. The van der Waals surface area contributed by atoms with E-state index in [0.717, 1.165) is 12.8 Å². The molecule has 220 valence electrons. The summed E-state index contributed by atoms with van der Waals surface area (Å²) in [4.78, 5) is 42.7. The largest absolute Gasteiger partial charge is 0.493 e. The normalized spacial score (nSPS) is 24.3. The molecule has 4 atom stereocenters. The van der Waals surface area contributed by atoms with E-state index in [9.17, 15) is 14.4 Å². The summed E-state index contributed by atoms with van der Waals surface area (Å²) < 4.78 is 39.7. The van der Waals surface area contributed by atoms with Crippen LogP contribution in [0.1, 0.15) is 49.4 Å². The molecule has 12 nitrogen and oxygen atoms in total. The van der Waals surface area contributed by atoms with E-state index < -0.39 is 30.6 Å². The maximum atomic E-state index is 14.0. The fourth-order valence-electron chi connectivity index (χ4n) is 5.26. The molecule has 4 rings (SSSR count). The maximum Gasteiger partial charge on any atom is 0.416 e. The second kappa shape index (κ2) is 13.8. The summed E-state index contributed by atoms with van der Waals surface area (Å²) in [5.74, 6) is -0.0968. The van der Waals surface area contributed by atoms with Crippen molar-refractivity contribution in [3.63, 3.8) is 0 Å². The van der Waals surface area contributed by atoms with Crippen LogP contribution in [0, 0.1) is 0 Å². The highest BCUT2D eigenvalue weighted by Crippen LogP contribution is 2.42. The SMILES string of the molecule is C=CCOC(=O)N1c2cc(OC)c(OC)cc2C(=O)N2CC[C@@H](OCC(=O)OCC)C[C@H]2C1OC1CCCCO1. The average Bonchev–Trinajstić information content (AvgIpc) is 3.07. The van der Waals surface area contributed by atoms with Gasteiger partial charge in [0.2, 0.25) is 0 Å². The highest BCUT2D eigenvalue weighted by atomic mass is 16.7. The Balaban J connectivity index is 1.77. The zero-order chi connectivity index (χ0) is 28.6. The van der Waals surface area contributed by atoms with E-state index in [1.165, 1.54) is 25.2 Å². The van der Waals surface area contributed by atoms with Gasteiger partial charge in [-0.1, -0.05) is 12.7 Å². The lowest BCUT2D eigenvalue weighted by Crippen LogP contribution is -2.59. The Morgan fingerprint density at radius 3 is 2.58 bits per heavy atom. The van der Waals surface area contributed by atoms with Gasteiger partial charge in [0.05, 0.1) is 44.2 Å². The lowest BCUT2D eigenvalue weighted by Gasteiger charge is -2.44. The second-order valence-electron chi connectivity index (χ2n) is 9.61. The van der Waals surface area contributed by atoms with E-state index in [1.54, 1.807) is 24.0 Å². The van der Waals surface area contributed by atoms with Crippen molar-refractivity contribution in [2.45, 2.75) is 63.7 Å². The third-order valence-corrected chi connectivity index (χ3v) is 7.13. The molecule has 12 heteroatoms. The van der Waals surface area contributed by atoms with Crippen molar-refractivity contribution in [2.75, 3.05) is 52.1 Å². The van der Waals surface area contributed by atoms with Crippen LogP contribution in [0.15, 0.2) is 24.8 Å². The average molecular weight is 563 g/mol. The molecule has 3 aliphatic rings. The molecule has 0 N–H and O–H groups in total. The standard InChI is InChI=1S/C28H38N2O10/c1-5-12-38-28(33)30-20-16-23(35-4)22(34-3)15-19(20)26(32)29-11-10-18(39-17-24(31)36-6-2)14-21(29)27(30)40-25-9-7-8-13-37-25/h5,15-16,18,21,25,27H,1,6-14,17H2,2-4H3/t18-,21+,25?,27?/m1/s1. The van der Waals surface area contributed by atoms with Crippen molar-refractivity contribution >= 4 is 23.7 Å². The zero-order valence-electron chi connectivity index (χ0n) is 23.3. The summed E-state index contributed by atoms with van der Waals surface area (Å²) >= 11 is 0. The molecule has 3 heterocycles. The summed E-state index contributed by atoms with van der Waals surface area (Å²) in [6.07, 6.45) is 2.01. The molecule has 2 fully saturated rings. The number of methoxy groups -OCH3 is 2. The van der Waals surface area contributed by atoms with Crippen molar-refractivity contribution in [3.05, 3.63) is 30.4 Å². The third-order valence-electron chi connectivity index (χ3n) is 7.13. The van der Waals surface area contributed by atoms with E-state index in [4.69, 9.17) is 33.2 Å². The zero-order valence-corrected chi connectivity index (χ0v) is 23.3. The van der Waals surface area contributed by atoms with Crippen LogP contribution in [-0.2, 0) is 28.5 Å². The molecule has 0 radical (unpaired) electrons. The minimum absolute atomic E-state index is 0.0434. The summed E-state index contributed by atoms with van der Waals surface area (Å²) in [7, 11) is 2.95. The van der Waals surface area contributed by atoms with E-state index in [0.29, 0.717) is 43.9 Å². The fraction of sp³-hybridized carbons (Fsp3) is 0.607. The topological polar surface area (TPSA) is 122 Å².